The summed E-state index contributed by atoms with van der Waals surface area (Å²) in [5.74, 6) is -1.46. The third kappa shape index (κ3) is 3.85. The van der Waals surface area contributed by atoms with Gasteiger partial charge in [0.1, 0.15) is 6.04 Å². The van der Waals surface area contributed by atoms with Gasteiger partial charge in [-0.3, -0.25) is 4.79 Å². The number of carboxylic acids is 1. The first-order valence-corrected chi connectivity index (χ1v) is 9.76. The molecule has 0 saturated carbocycles. The van der Waals surface area contributed by atoms with E-state index in [1.807, 2.05) is 38.3 Å². The summed E-state index contributed by atoms with van der Waals surface area (Å²) in [6, 6.07) is 4.73. The second-order valence-corrected chi connectivity index (χ2v) is 7.55. The summed E-state index contributed by atoms with van der Waals surface area (Å²) >= 11 is 1.53. The summed E-state index contributed by atoms with van der Waals surface area (Å²) in [5.41, 5.74) is 1.67. The van der Waals surface area contributed by atoms with Gasteiger partial charge in [0, 0.05) is 6.04 Å². The highest BCUT2D eigenvalue weighted by molar-refractivity contribution is 7.13. The number of nitrogens with zero attached hydrogens (tertiary/aromatic N) is 3. The number of hydrogen-bond donors (Lipinski definition) is 2. The molecular weight excluding hydrogens is 364 g/mol. The maximum Gasteiger partial charge on any atom is 0.326 e. The number of carbonyl (C=O) groups is 2. The predicted molar refractivity (Wildman–Crippen MR) is 105 cm³/mol. The van der Waals surface area contributed by atoms with Crippen LogP contribution < -0.4 is 5.32 Å². The number of thiophene rings is 1. The Bertz CT molecular complexity index is 963. The van der Waals surface area contributed by atoms with E-state index in [4.69, 9.17) is 4.98 Å². The minimum atomic E-state index is -1.04. The molecule has 0 spiro atoms. The van der Waals surface area contributed by atoms with Gasteiger partial charge in [-0.05, 0) is 37.8 Å². The summed E-state index contributed by atoms with van der Waals surface area (Å²) in [6.45, 7) is 5.87. The molecule has 142 valence electrons. The molecule has 8 heteroatoms. The van der Waals surface area contributed by atoms with E-state index in [1.54, 1.807) is 16.9 Å². The molecule has 3 aromatic heterocycles. The van der Waals surface area contributed by atoms with E-state index in [-0.39, 0.29) is 6.04 Å². The molecule has 0 radical (unpaired) electrons. The fourth-order valence-corrected chi connectivity index (χ4v) is 3.60. The smallest absolute Gasteiger partial charge is 0.326 e. The van der Waals surface area contributed by atoms with Crippen molar-refractivity contribution in [1.29, 1.82) is 0 Å². The molecule has 1 amide bonds. The second kappa shape index (κ2) is 7.87. The number of carbonyl (C=O) groups excluding carboxylic acids is 1. The zero-order valence-corrected chi connectivity index (χ0v) is 16.3. The molecule has 27 heavy (non-hydrogen) atoms. The highest BCUT2D eigenvalue weighted by Gasteiger charge is 2.23. The van der Waals surface area contributed by atoms with Crippen LogP contribution in [0.4, 0.5) is 0 Å². The van der Waals surface area contributed by atoms with Crippen molar-refractivity contribution in [3.8, 4) is 10.6 Å². The molecule has 0 saturated heterocycles. The zero-order chi connectivity index (χ0) is 19.6. The minimum Gasteiger partial charge on any atom is -0.480 e. The summed E-state index contributed by atoms with van der Waals surface area (Å²) in [7, 11) is 0. The summed E-state index contributed by atoms with van der Waals surface area (Å²) in [5, 5.41) is 18.9. The number of rotatable bonds is 7. The van der Waals surface area contributed by atoms with Gasteiger partial charge in [0.15, 0.2) is 5.65 Å². The van der Waals surface area contributed by atoms with Crippen molar-refractivity contribution in [3.63, 3.8) is 0 Å². The van der Waals surface area contributed by atoms with Gasteiger partial charge in [-0.25, -0.2) is 14.5 Å². The van der Waals surface area contributed by atoms with Crippen molar-refractivity contribution in [1.82, 2.24) is 20.1 Å². The van der Waals surface area contributed by atoms with Crippen LogP contribution in [0.15, 0.2) is 29.8 Å². The third-order valence-corrected chi connectivity index (χ3v) is 5.15. The molecule has 3 aromatic rings. The van der Waals surface area contributed by atoms with Crippen LogP contribution in [0.1, 0.15) is 50.0 Å². The Morgan fingerprint density at radius 1 is 1.37 bits per heavy atom. The lowest BCUT2D eigenvalue weighted by molar-refractivity contribution is -0.139. The Balaban J connectivity index is 2.10. The molecule has 2 N–H and O–H groups in total. The van der Waals surface area contributed by atoms with Crippen LogP contribution in [0, 0.1) is 0 Å². The van der Waals surface area contributed by atoms with Crippen LogP contribution in [-0.4, -0.2) is 37.8 Å². The van der Waals surface area contributed by atoms with Crippen molar-refractivity contribution in [2.45, 2.75) is 45.7 Å². The number of pyridine rings is 1. The van der Waals surface area contributed by atoms with Gasteiger partial charge >= 0.3 is 5.97 Å². The molecule has 0 aliphatic heterocycles. The number of aliphatic carboxylic acids is 1. The van der Waals surface area contributed by atoms with Gasteiger partial charge in [0.25, 0.3) is 5.91 Å². The Hall–Kier alpha value is -2.74. The second-order valence-electron chi connectivity index (χ2n) is 6.61. The number of nitrogens with one attached hydrogen (secondary N) is 1. The third-order valence-electron chi connectivity index (χ3n) is 4.25. The van der Waals surface area contributed by atoms with Crippen LogP contribution in [0.3, 0.4) is 0 Å². The van der Waals surface area contributed by atoms with E-state index >= 15 is 0 Å². The monoisotopic (exact) mass is 386 g/mol. The molecule has 1 atom stereocenters. The van der Waals surface area contributed by atoms with Crippen LogP contribution in [0.5, 0.6) is 0 Å². The number of aromatic nitrogens is 3. The minimum absolute atomic E-state index is 0.0800. The lowest BCUT2D eigenvalue weighted by atomic mass is 10.1. The van der Waals surface area contributed by atoms with Gasteiger partial charge < -0.3 is 10.4 Å². The van der Waals surface area contributed by atoms with E-state index in [2.05, 4.69) is 10.4 Å². The maximum absolute atomic E-state index is 12.9. The van der Waals surface area contributed by atoms with E-state index in [0.717, 1.165) is 4.88 Å². The number of fused-ring (bicyclic) bond motifs is 1. The van der Waals surface area contributed by atoms with Crippen LogP contribution in [-0.2, 0) is 4.79 Å². The molecule has 3 rings (SSSR count). The molecule has 0 bridgehead atoms. The molecule has 3 heterocycles. The van der Waals surface area contributed by atoms with Gasteiger partial charge in [-0.1, -0.05) is 19.4 Å². The first-order valence-electron chi connectivity index (χ1n) is 8.88. The quantitative estimate of drug-likeness (QED) is 0.645. The molecule has 0 aromatic carbocycles. The largest absolute Gasteiger partial charge is 0.480 e. The van der Waals surface area contributed by atoms with Crippen LogP contribution >= 0.6 is 11.3 Å². The Morgan fingerprint density at radius 2 is 2.15 bits per heavy atom. The Kier molecular flexibility index (Phi) is 5.55. The van der Waals surface area contributed by atoms with Gasteiger partial charge in [-0.2, -0.15) is 5.10 Å². The fourth-order valence-electron chi connectivity index (χ4n) is 2.92. The van der Waals surface area contributed by atoms with Crippen molar-refractivity contribution < 1.29 is 14.7 Å². The topological polar surface area (TPSA) is 97.1 Å². The first-order chi connectivity index (χ1) is 12.9. The molecule has 0 fully saturated rings. The van der Waals surface area contributed by atoms with Crippen molar-refractivity contribution in [2.75, 3.05) is 0 Å². The fraction of sp³-hybridized carbons (Fsp3) is 0.368. The number of amides is 1. The molecule has 0 aliphatic carbocycles. The molecule has 7 nitrogen and oxygen atoms in total. The van der Waals surface area contributed by atoms with E-state index in [0.29, 0.717) is 35.1 Å². The van der Waals surface area contributed by atoms with Crippen molar-refractivity contribution >= 4 is 34.2 Å². The normalized spacial score (nSPS) is 12.4. The maximum atomic E-state index is 12.9. The average molecular weight is 386 g/mol. The average Bonchev–Trinajstić information content (AvgIpc) is 3.29. The van der Waals surface area contributed by atoms with E-state index in [1.165, 1.54) is 11.3 Å². The number of carboxylic acid groups (broad SMARTS) is 1. The zero-order valence-electron chi connectivity index (χ0n) is 15.5. The molecule has 0 aliphatic rings. The summed E-state index contributed by atoms with van der Waals surface area (Å²) in [6.07, 6.45) is 2.65. The van der Waals surface area contributed by atoms with E-state index in [9.17, 15) is 14.7 Å². The predicted octanol–water partition coefficient (Wildman–Crippen LogP) is 3.72. The lowest BCUT2D eigenvalue weighted by Gasteiger charge is -2.15. The van der Waals surface area contributed by atoms with Gasteiger partial charge in [0.2, 0.25) is 0 Å². The highest BCUT2D eigenvalue weighted by atomic mass is 32.1. The highest BCUT2D eigenvalue weighted by Crippen LogP contribution is 2.29. The summed E-state index contributed by atoms with van der Waals surface area (Å²) < 4.78 is 1.77. The van der Waals surface area contributed by atoms with Crippen molar-refractivity contribution in [2.24, 2.45) is 0 Å². The standard InChI is InChI=1S/C19H22N4O3S/c1-4-6-14(19(25)26)22-18(24)12-9-15(16-7-5-8-27-16)21-17-13(12)10-20-23(17)11(2)3/h5,7-11,14H,4,6H2,1-3H3,(H,22,24)(H,25,26). The van der Waals surface area contributed by atoms with Gasteiger partial charge in [0.05, 0.1) is 27.7 Å². The number of hydrogen-bond acceptors (Lipinski definition) is 5. The Morgan fingerprint density at radius 3 is 2.74 bits per heavy atom. The summed E-state index contributed by atoms with van der Waals surface area (Å²) in [4.78, 5) is 30.0. The van der Waals surface area contributed by atoms with Crippen LogP contribution in [0.25, 0.3) is 21.6 Å². The lowest BCUT2D eigenvalue weighted by Crippen LogP contribution is -2.40. The van der Waals surface area contributed by atoms with Gasteiger partial charge in [-0.15, -0.1) is 11.3 Å². The van der Waals surface area contributed by atoms with Crippen molar-refractivity contribution in [3.05, 3.63) is 35.3 Å². The molecule has 1 unspecified atom stereocenters. The Labute approximate surface area is 161 Å². The molecular formula is C19H22N4O3S. The van der Waals surface area contributed by atoms with E-state index < -0.39 is 17.9 Å². The van der Waals surface area contributed by atoms with Crippen LogP contribution in [0.2, 0.25) is 0 Å². The SMILES string of the molecule is CCCC(NC(=O)c1cc(-c2cccs2)nc2c1cnn2C(C)C)C(=O)O. The first kappa shape index (κ1) is 19.0.